The van der Waals surface area contributed by atoms with Crippen molar-refractivity contribution in [1.29, 1.82) is 0 Å². The lowest BCUT2D eigenvalue weighted by molar-refractivity contribution is -0.119. The first-order valence-electron chi connectivity index (χ1n) is 9.40. The topological polar surface area (TPSA) is 96.8 Å². The number of nitrogens with zero attached hydrogens (tertiary/aromatic N) is 5. The average molecular weight is 378 g/mol. The number of carbonyl (C=O) groups excluding carboxylic acids is 1. The predicted molar refractivity (Wildman–Crippen MR) is 105 cm³/mol. The van der Waals surface area contributed by atoms with Crippen molar-refractivity contribution in [1.82, 2.24) is 29.6 Å². The first kappa shape index (κ1) is 18.2. The van der Waals surface area contributed by atoms with Gasteiger partial charge in [0.1, 0.15) is 5.52 Å². The molecule has 3 aromatic heterocycles. The highest BCUT2D eigenvalue weighted by molar-refractivity contribution is 5.91. The fourth-order valence-corrected chi connectivity index (χ4v) is 3.65. The van der Waals surface area contributed by atoms with E-state index in [1.807, 2.05) is 12.4 Å². The summed E-state index contributed by atoms with van der Waals surface area (Å²) in [4.78, 5) is 37.2. The number of piperidine rings is 1. The van der Waals surface area contributed by atoms with E-state index in [0.29, 0.717) is 16.7 Å². The molecule has 0 spiro atoms. The van der Waals surface area contributed by atoms with Gasteiger partial charge in [-0.25, -0.2) is 14.6 Å². The molecule has 0 amide bonds. The minimum Gasteiger partial charge on any atom is -0.313 e. The number of likely N-dealkylation sites (tertiary alicyclic amines) is 1. The van der Waals surface area contributed by atoms with Gasteiger partial charge in [-0.15, -0.1) is 0 Å². The Hall–Kier alpha value is -3.13. The van der Waals surface area contributed by atoms with E-state index in [-0.39, 0.29) is 17.3 Å². The number of ketones is 1. The Kier molecular flexibility index (Phi) is 5.12. The molecule has 4 rings (SSSR count). The van der Waals surface area contributed by atoms with Gasteiger partial charge in [-0.3, -0.25) is 9.59 Å². The van der Waals surface area contributed by atoms with Crippen LogP contribution in [0, 0.1) is 5.92 Å². The Morgan fingerprint density at radius 1 is 1.32 bits per heavy atom. The summed E-state index contributed by atoms with van der Waals surface area (Å²) in [5.74, 6) is 0.833. The number of aromatic nitrogens is 5. The van der Waals surface area contributed by atoms with Crippen molar-refractivity contribution in [2.24, 2.45) is 5.92 Å². The number of hydrogen-bond donors (Lipinski definition) is 1. The largest absolute Gasteiger partial charge is 0.313 e. The molecule has 144 valence electrons. The van der Waals surface area contributed by atoms with Gasteiger partial charge in [0.2, 0.25) is 0 Å². The molecular weight excluding hydrogens is 356 g/mol. The van der Waals surface area contributed by atoms with E-state index in [4.69, 9.17) is 0 Å². The van der Waals surface area contributed by atoms with E-state index in [0.717, 1.165) is 44.5 Å². The van der Waals surface area contributed by atoms with Gasteiger partial charge < -0.3 is 9.88 Å². The average Bonchev–Trinajstić information content (AvgIpc) is 3.21. The SMILES string of the molecule is C=CC(=O)C1CCN(CCc2cnn(-c3nccc4c(=O)[nH]cnc34)c2)CC1. The molecule has 0 unspecified atom stereocenters. The Morgan fingerprint density at radius 2 is 2.14 bits per heavy atom. The molecule has 0 aliphatic carbocycles. The third kappa shape index (κ3) is 3.63. The van der Waals surface area contributed by atoms with Gasteiger partial charge in [0, 0.05) is 24.9 Å². The molecule has 8 nitrogen and oxygen atoms in total. The fraction of sp³-hybridized carbons (Fsp3) is 0.350. The zero-order chi connectivity index (χ0) is 19.5. The van der Waals surface area contributed by atoms with E-state index in [9.17, 15) is 9.59 Å². The van der Waals surface area contributed by atoms with E-state index >= 15 is 0 Å². The number of allylic oxidation sites excluding steroid dienone is 1. The lowest BCUT2D eigenvalue weighted by atomic mass is 9.92. The van der Waals surface area contributed by atoms with Gasteiger partial charge in [0.05, 0.1) is 17.9 Å². The molecular formula is C20H22N6O2. The quantitative estimate of drug-likeness (QED) is 0.653. The smallest absolute Gasteiger partial charge is 0.258 e. The summed E-state index contributed by atoms with van der Waals surface area (Å²) in [5, 5.41) is 4.89. The van der Waals surface area contributed by atoms with Crippen LogP contribution in [0.3, 0.4) is 0 Å². The molecule has 0 radical (unpaired) electrons. The first-order valence-corrected chi connectivity index (χ1v) is 9.40. The second-order valence-electron chi connectivity index (χ2n) is 7.03. The normalized spacial score (nSPS) is 15.7. The number of carbonyl (C=O) groups is 1. The van der Waals surface area contributed by atoms with E-state index in [2.05, 4.69) is 31.5 Å². The maximum atomic E-state index is 11.9. The maximum absolute atomic E-state index is 11.9. The maximum Gasteiger partial charge on any atom is 0.258 e. The number of H-pyrrole nitrogens is 1. The summed E-state index contributed by atoms with van der Waals surface area (Å²) in [6.45, 7) is 6.35. The summed E-state index contributed by atoms with van der Waals surface area (Å²) in [6, 6.07) is 1.65. The van der Waals surface area contributed by atoms with Gasteiger partial charge >= 0.3 is 0 Å². The fourth-order valence-electron chi connectivity index (χ4n) is 3.65. The highest BCUT2D eigenvalue weighted by Crippen LogP contribution is 2.19. The van der Waals surface area contributed by atoms with Gasteiger partial charge in [-0.05, 0) is 50.1 Å². The van der Waals surface area contributed by atoms with Crippen LogP contribution >= 0.6 is 0 Å². The van der Waals surface area contributed by atoms with Crippen LogP contribution < -0.4 is 5.56 Å². The molecule has 4 heterocycles. The van der Waals surface area contributed by atoms with Crippen molar-refractivity contribution >= 4 is 16.7 Å². The summed E-state index contributed by atoms with van der Waals surface area (Å²) in [7, 11) is 0. The third-order valence-corrected chi connectivity index (χ3v) is 5.30. The molecule has 1 saturated heterocycles. The monoisotopic (exact) mass is 378 g/mol. The number of aromatic amines is 1. The van der Waals surface area contributed by atoms with Crippen molar-refractivity contribution in [2.75, 3.05) is 19.6 Å². The predicted octanol–water partition coefficient (Wildman–Crippen LogP) is 1.51. The molecule has 0 saturated carbocycles. The lowest BCUT2D eigenvalue weighted by Gasteiger charge is -2.30. The van der Waals surface area contributed by atoms with Crippen LogP contribution in [0.1, 0.15) is 18.4 Å². The number of rotatable bonds is 6. The number of nitrogens with one attached hydrogen (secondary N) is 1. The van der Waals surface area contributed by atoms with Crippen LogP contribution in [0.4, 0.5) is 0 Å². The van der Waals surface area contributed by atoms with Crippen LogP contribution in [0.15, 0.2) is 48.4 Å². The summed E-state index contributed by atoms with van der Waals surface area (Å²) in [5.41, 5.74) is 1.42. The van der Waals surface area contributed by atoms with Crippen molar-refractivity contribution in [3.8, 4) is 5.82 Å². The molecule has 1 aliphatic heterocycles. The Bertz CT molecular complexity index is 1060. The van der Waals surface area contributed by atoms with Crippen LogP contribution in [0.25, 0.3) is 16.7 Å². The molecule has 0 atom stereocenters. The highest BCUT2D eigenvalue weighted by Gasteiger charge is 2.23. The standard InChI is InChI=1S/C20H22N6O2/c1-2-17(27)15-5-9-25(10-6-15)8-4-14-11-24-26(12-14)19-18-16(3-7-21-19)20(28)23-13-22-18/h2-3,7,11-13,15H,1,4-6,8-10H2,(H,22,23,28). The van der Waals surface area contributed by atoms with Crippen molar-refractivity contribution in [3.05, 3.63) is 59.6 Å². The molecule has 3 aromatic rings. The summed E-state index contributed by atoms with van der Waals surface area (Å²) in [6.07, 6.45) is 10.8. The van der Waals surface area contributed by atoms with Crippen molar-refractivity contribution in [3.63, 3.8) is 0 Å². The third-order valence-electron chi connectivity index (χ3n) is 5.30. The highest BCUT2D eigenvalue weighted by atomic mass is 16.1. The van der Waals surface area contributed by atoms with Crippen LogP contribution in [-0.2, 0) is 11.2 Å². The van der Waals surface area contributed by atoms with Crippen LogP contribution in [-0.4, -0.2) is 55.0 Å². The van der Waals surface area contributed by atoms with E-state index in [1.165, 1.54) is 12.4 Å². The molecule has 1 fully saturated rings. The Balaban J connectivity index is 1.42. The van der Waals surface area contributed by atoms with Crippen LogP contribution in [0.5, 0.6) is 0 Å². The minimum atomic E-state index is -0.195. The number of hydrogen-bond acceptors (Lipinski definition) is 6. The second kappa shape index (κ2) is 7.85. The summed E-state index contributed by atoms with van der Waals surface area (Å²) < 4.78 is 1.67. The number of fused-ring (bicyclic) bond motifs is 1. The second-order valence-corrected chi connectivity index (χ2v) is 7.03. The van der Waals surface area contributed by atoms with Crippen molar-refractivity contribution < 1.29 is 4.79 Å². The minimum absolute atomic E-state index is 0.129. The van der Waals surface area contributed by atoms with E-state index < -0.39 is 0 Å². The van der Waals surface area contributed by atoms with Gasteiger partial charge in [0.25, 0.3) is 5.56 Å². The van der Waals surface area contributed by atoms with E-state index in [1.54, 1.807) is 16.9 Å². The summed E-state index contributed by atoms with van der Waals surface area (Å²) >= 11 is 0. The zero-order valence-electron chi connectivity index (χ0n) is 15.5. The molecule has 8 heteroatoms. The molecule has 0 aromatic carbocycles. The molecule has 1 N–H and O–H groups in total. The first-order chi connectivity index (χ1) is 13.7. The van der Waals surface area contributed by atoms with Gasteiger partial charge in [0.15, 0.2) is 11.6 Å². The van der Waals surface area contributed by atoms with Crippen molar-refractivity contribution in [2.45, 2.75) is 19.3 Å². The Morgan fingerprint density at radius 3 is 2.93 bits per heavy atom. The Labute approximate surface area is 161 Å². The van der Waals surface area contributed by atoms with Crippen LogP contribution in [0.2, 0.25) is 0 Å². The molecule has 28 heavy (non-hydrogen) atoms. The number of pyridine rings is 1. The lowest BCUT2D eigenvalue weighted by Crippen LogP contribution is -2.37. The zero-order valence-corrected chi connectivity index (χ0v) is 15.5. The molecule has 0 bridgehead atoms. The van der Waals surface area contributed by atoms with Gasteiger partial charge in [-0.2, -0.15) is 5.10 Å². The van der Waals surface area contributed by atoms with Gasteiger partial charge in [-0.1, -0.05) is 6.58 Å². The molecule has 1 aliphatic rings.